The molecule has 0 bridgehead atoms. The van der Waals surface area contributed by atoms with Crippen molar-refractivity contribution < 1.29 is 15.3 Å². The number of fused-ring (bicyclic) bond motifs is 1. The van der Waals surface area contributed by atoms with Gasteiger partial charge in [-0.3, -0.25) is 0 Å². The third-order valence-corrected chi connectivity index (χ3v) is 6.86. The number of nitrogens with one attached hydrogen (secondary N) is 3. The van der Waals surface area contributed by atoms with Gasteiger partial charge in [-0.05, 0) is 18.6 Å². The fourth-order valence-electron chi connectivity index (χ4n) is 3.90. The third-order valence-electron chi connectivity index (χ3n) is 5.79. The second-order valence-electron chi connectivity index (χ2n) is 7.85. The highest BCUT2D eigenvalue weighted by molar-refractivity contribution is 7.21. The normalized spacial score (nSPS) is 26.6. The van der Waals surface area contributed by atoms with Crippen LogP contribution in [-0.2, 0) is 0 Å². The fraction of sp³-hybridized carbons (Fsp3) is 0.450. The molecule has 5 rings (SSSR count). The van der Waals surface area contributed by atoms with Crippen LogP contribution in [0.25, 0.3) is 20.8 Å². The first kappa shape index (κ1) is 19.6. The number of aliphatic hydroxyl groups excluding tert-OH is 3. The molecule has 30 heavy (non-hydrogen) atoms. The van der Waals surface area contributed by atoms with Crippen LogP contribution in [0.3, 0.4) is 0 Å². The molecule has 3 heterocycles. The summed E-state index contributed by atoms with van der Waals surface area (Å²) < 4.78 is 1.07. The highest BCUT2D eigenvalue weighted by atomic mass is 32.1. The van der Waals surface area contributed by atoms with E-state index in [1.54, 1.807) is 17.5 Å². The van der Waals surface area contributed by atoms with Gasteiger partial charge in [0.15, 0.2) is 0 Å². The van der Waals surface area contributed by atoms with Crippen molar-refractivity contribution in [3.63, 3.8) is 0 Å². The summed E-state index contributed by atoms with van der Waals surface area (Å²) in [6.07, 6.45) is 0.215. The molecule has 4 atom stereocenters. The Morgan fingerprint density at radius 2 is 1.93 bits per heavy atom. The zero-order valence-corrected chi connectivity index (χ0v) is 17.0. The number of thiazole rings is 1. The molecule has 6 N–H and O–H groups in total. The van der Waals surface area contributed by atoms with Crippen LogP contribution >= 0.6 is 11.3 Å². The van der Waals surface area contributed by atoms with E-state index in [0.29, 0.717) is 18.2 Å². The van der Waals surface area contributed by atoms with Crippen molar-refractivity contribution in [3.05, 3.63) is 30.5 Å². The van der Waals surface area contributed by atoms with Crippen LogP contribution in [0.15, 0.2) is 30.5 Å². The van der Waals surface area contributed by atoms with Crippen molar-refractivity contribution in [2.24, 2.45) is 5.92 Å². The third kappa shape index (κ3) is 3.61. The molecular weight excluding hydrogens is 404 g/mol. The number of nitrogens with zero attached hydrogens (tertiary/aromatic N) is 3. The van der Waals surface area contributed by atoms with Crippen molar-refractivity contribution in [3.8, 4) is 10.6 Å². The summed E-state index contributed by atoms with van der Waals surface area (Å²) >= 11 is 1.55. The quantitative estimate of drug-likeness (QED) is 0.334. The second kappa shape index (κ2) is 8.05. The molecule has 9 nitrogen and oxygen atoms in total. The number of aliphatic hydroxyl groups is 3. The molecule has 2 fully saturated rings. The van der Waals surface area contributed by atoms with Gasteiger partial charge in [0, 0.05) is 31.8 Å². The summed E-state index contributed by atoms with van der Waals surface area (Å²) in [6, 6.07) is 7.76. The van der Waals surface area contributed by atoms with Gasteiger partial charge in [0.05, 0.1) is 34.0 Å². The van der Waals surface area contributed by atoms with Gasteiger partial charge in [-0.25, -0.2) is 9.97 Å². The zero-order valence-electron chi connectivity index (χ0n) is 16.2. The predicted molar refractivity (Wildman–Crippen MR) is 116 cm³/mol. The Labute approximate surface area is 177 Å². The maximum Gasteiger partial charge on any atom is 0.224 e. The van der Waals surface area contributed by atoms with E-state index in [1.165, 1.54) is 0 Å². The molecule has 0 unspecified atom stereocenters. The van der Waals surface area contributed by atoms with Crippen LogP contribution < -0.4 is 16.0 Å². The average Bonchev–Trinajstić information content (AvgIpc) is 3.27. The molecule has 0 radical (unpaired) electrons. The SMILES string of the molecule is OC[C@H]1C[C@@H](Nc2nc(NC3CNC3)ncc2-c2nc3ccccc3s2)[C@H](O)[C@@H]1O. The topological polar surface area (TPSA) is 135 Å². The summed E-state index contributed by atoms with van der Waals surface area (Å²) in [5.74, 6) is 0.679. The van der Waals surface area contributed by atoms with E-state index in [2.05, 4.69) is 25.9 Å². The van der Waals surface area contributed by atoms with Crippen LogP contribution in [0.1, 0.15) is 6.42 Å². The lowest BCUT2D eigenvalue weighted by Crippen LogP contribution is -2.51. The maximum absolute atomic E-state index is 10.5. The van der Waals surface area contributed by atoms with E-state index in [4.69, 9.17) is 4.98 Å². The minimum atomic E-state index is -0.993. The van der Waals surface area contributed by atoms with Gasteiger partial charge >= 0.3 is 0 Å². The highest BCUT2D eigenvalue weighted by Gasteiger charge is 2.41. The predicted octanol–water partition coefficient (Wildman–Crippen LogP) is 0.651. The van der Waals surface area contributed by atoms with Crippen LogP contribution in [-0.4, -0.2) is 74.3 Å². The number of hydrogen-bond acceptors (Lipinski definition) is 10. The smallest absolute Gasteiger partial charge is 0.224 e. The summed E-state index contributed by atoms with van der Waals surface area (Å²) in [5, 5.41) is 40.7. The van der Waals surface area contributed by atoms with E-state index >= 15 is 0 Å². The fourth-order valence-corrected chi connectivity index (χ4v) is 4.88. The van der Waals surface area contributed by atoms with Gasteiger partial charge in [-0.1, -0.05) is 12.1 Å². The Morgan fingerprint density at radius 1 is 1.10 bits per heavy atom. The molecule has 1 saturated heterocycles. The molecule has 10 heteroatoms. The van der Waals surface area contributed by atoms with Crippen molar-refractivity contribution in [1.29, 1.82) is 0 Å². The molecule has 0 amide bonds. The number of aromatic nitrogens is 3. The van der Waals surface area contributed by atoms with Crippen molar-refractivity contribution in [2.75, 3.05) is 30.3 Å². The summed E-state index contributed by atoms with van der Waals surface area (Å²) in [6.45, 7) is 1.54. The van der Waals surface area contributed by atoms with E-state index in [-0.39, 0.29) is 18.6 Å². The van der Waals surface area contributed by atoms with E-state index < -0.39 is 18.2 Å². The number of benzene rings is 1. The summed E-state index contributed by atoms with van der Waals surface area (Å²) in [4.78, 5) is 13.9. The van der Waals surface area contributed by atoms with Crippen molar-refractivity contribution >= 4 is 33.3 Å². The van der Waals surface area contributed by atoms with Crippen LogP contribution in [0, 0.1) is 5.92 Å². The van der Waals surface area contributed by atoms with Crippen LogP contribution in [0.2, 0.25) is 0 Å². The van der Waals surface area contributed by atoms with Gasteiger partial charge in [0.2, 0.25) is 5.95 Å². The van der Waals surface area contributed by atoms with Gasteiger partial charge in [0.1, 0.15) is 16.9 Å². The molecule has 2 aliphatic rings. The Kier molecular flexibility index (Phi) is 5.25. The Morgan fingerprint density at radius 3 is 2.63 bits per heavy atom. The maximum atomic E-state index is 10.5. The molecule has 2 aromatic heterocycles. The average molecular weight is 429 g/mol. The molecule has 0 spiro atoms. The lowest BCUT2D eigenvalue weighted by atomic mass is 10.1. The second-order valence-corrected chi connectivity index (χ2v) is 8.88. The van der Waals surface area contributed by atoms with Gasteiger partial charge < -0.3 is 31.3 Å². The summed E-state index contributed by atoms with van der Waals surface area (Å²) in [5.41, 5.74) is 1.64. The Bertz CT molecular complexity index is 1010. The monoisotopic (exact) mass is 428 g/mol. The van der Waals surface area contributed by atoms with E-state index in [9.17, 15) is 15.3 Å². The largest absolute Gasteiger partial charge is 0.396 e. The highest BCUT2D eigenvalue weighted by Crippen LogP contribution is 2.36. The molecule has 158 valence electrons. The van der Waals surface area contributed by atoms with Gasteiger partial charge in [-0.15, -0.1) is 11.3 Å². The van der Waals surface area contributed by atoms with Crippen LogP contribution in [0.4, 0.5) is 11.8 Å². The van der Waals surface area contributed by atoms with E-state index in [0.717, 1.165) is 33.9 Å². The first-order chi connectivity index (χ1) is 14.6. The molecule has 3 aromatic rings. The molecule has 1 aliphatic heterocycles. The first-order valence-corrected chi connectivity index (χ1v) is 10.9. The minimum absolute atomic E-state index is 0.174. The number of para-hydroxylation sites is 1. The molecule has 1 aliphatic carbocycles. The van der Waals surface area contributed by atoms with E-state index in [1.807, 2.05) is 24.3 Å². The Hall–Kier alpha value is -2.37. The van der Waals surface area contributed by atoms with Crippen molar-refractivity contribution in [2.45, 2.75) is 30.7 Å². The standard InChI is InChI=1S/C20H24N6O3S/c27-9-10-5-14(17(29)16(10)28)24-18-12(8-22-20(26-18)23-11-6-21-7-11)19-25-13-3-1-2-4-15(13)30-19/h1-4,8,10-11,14,16-17,21,27-29H,5-7,9H2,(H2,22,23,24,26)/t10-,14-,16-,17+/m1/s1. The number of hydrogen-bond donors (Lipinski definition) is 6. The zero-order chi connectivity index (χ0) is 20.7. The molecule has 1 saturated carbocycles. The molecule has 1 aromatic carbocycles. The lowest BCUT2D eigenvalue weighted by Gasteiger charge is -2.28. The number of anilines is 2. The van der Waals surface area contributed by atoms with Gasteiger partial charge in [0.25, 0.3) is 0 Å². The molecular formula is C20H24N6O3S. The van der Waals surface area contributed by atoms with Crippen LogP contribution in [0.5, 0.6) is 0 Å². The van der Waals surface area contributed by atoms with Gasteiger partial charge in [-0.2, -0.15) is 4.98 Å². The minimum Gasteiger partial charge on any atom is -0.396 e. The summed E-state index contributed by atoms with van der Waals surface area (Å²) in [7, 11) is 0. The number of rotatable bonds is 6. The first-order valence-electron chi connectivity index (χ1n) is 10.1. The van der Waals surface area contributed by atoms with Crippen molar-refractivity contribution in [1.82, 2.24) is 20.3 Å². The lowest BCUT2D eigenvalue weighted by molar-refractivity contribution is 0.00446. The Balaban J connectivity index is 1.49.